The molecule has 0 aliphatic carbocycles. The number of nitrogens with one attached hydrogen (secondary N) is 1. The van der Waals surface area contributed by atoms with E-state index in [0.29, 0.717) is 17.6 Å². The van der Waals surface area contributed by atoms with E-state index >= 15 is 0 Å². The van der Waals surface area contributed by atoms with E-state index in [0.717, 1.165) is 5.76 Å². The SMILES string of the molecule is CC(NCCn1cncc(Br)c1=O)c1ccco1. The summed E-state index contributed by atoms with van der Waals surface area (Å²) in [6.45, 7) is 3.25. The lowest BCUT2D eigenvalue weighted by molar-refractivity contribution is 0.421. The highest BCUT2D eigenvalue weighted by molar-refractivity contribution is 9.10. The molecule has 0 saturated carbocycles. The first kappa shape index (κ1) is 13.0. The van der Waals surface area contributed by atoms with E-state index in [-0.39, 0.29) is 11.6 Å². The second-order valence-electron chi connectivity index (χ2n) is 3.93. The zero-order valence-electron chi connectivity index (χ0n) is 9.97. The van der Waals surface area contributed by atoms with Gasteiger partial charge in [-0.25, -0.2) is 4.98 Å². The molecule has 0 aromatic carbocycles. The molecule has 96 valence electrons. The van der Waals surface area contributed by atoms with Gasteiger partial charge >= 0.3 is 0 Å². The Hall–Kier alpha value is -1.40. The molecule has 2 heterocycles. The molecule has 2 aromatic heterocycles. The van der Waals surface area contributed by atoms with Crippen molar-refractivity contribution in [2.24, 2.45) is 0 Å². The third kappa shape index (κ3) is 3.08. The zero-order chi connectivity index (χ0) is 13.0. The molecule has 5 nitrogen and oxygen atoms in total. The summed E-state index contributed by atoms with van der Waals surface area (Å²) in [7, 11) is 0. The van der Waals surface area contributed by atoms with Crippen LogP contribution in [-0.4, -0.2) is 16.1 Å². The van der Waals surface area contributed by atoms with Crippen LogP contribution in [0.3, 0.4) is 0 Å². The van der Waals surface area contributed by atoms with Gasteiger partial charge in [0.25, 0.3) is 5.56 Å². The topological polar surface area (TPSA) is 60.1 Å². The summed E-state index contributed by atoms with van der Waals surface area (Å²) in [4.78, 5) is 15.7. The van der Waals surface area contributed by atoms with Gasteiger partial charge in [-0.1, -0.05) is 0 Å². The average molecular weight is 312 g/mol. The van der Waals surface area contributed by atoms with Crippen LogP contribution in [0.25, 0.3) is 0 Å². The molecule has 0 saturated heterocycles. The summed E-state index contributed by atoms with van der Waals surface area (Å²) in [6, 6.07) is 3.90. The lowest BCUT2D eigenvalue weighted by Crippen LogP contribution is -2.28. The number of rotatable bonds is 5. The minimum Gasteiger partial charge on any atom is -0.468 e. The van der Waals surface area contributed by atoms with Gasteiger partial charge < -0.3 is 9.73 Å². The predicted octanol–water partition coefficient (Wildman–Crippen LogP) is 1.95. The molecule has 0 amide bonds. The van der Waals surface area contributed by atoms with E-state index in [9.17, 15) is 4.79 Å². The Morgan fingerprint density at radius 3 is 3.17 bits per heavy atom. The van der Waals surface area contributed by atoms with Crippen molar-refractivity contribution in [2.45, 2.75) is 19.5 Å². The molecule has 0 spiro atoms. The minimum absolute atomic E-state index is 0.0718. The van der Waals surface area contributed by atoms with E-state index in [1.54, 1.807) is 10.8 Å². The van der Waals surface area contributed by atoms with Gasteiger partial charge in [0, 0.05) is 19.3 Å². The van der Waals surface area contributed by atoms with Crippen LogP contribution in [0.5, 0.6) is 0 Å². The largest absolute Gasteiger partial charge is 0.468 e. The van der Waals surface area contributed by atoms with Crippen LogP contribution >= 0.6 is 15.9 Å². The van der Waals surface area contributed by atoms with Gasteiger partial charge in [0.05, 0.1) is 18.6 Å². The lowest BCUT2D eigenvalue weighted by atomic mass is 10.2. The van der Waals surface area contributed by atoms with Crippen molar-refractivity contribution in [2.75, 3.05) is 6.54 Å². The molecule has 6 heteroatoms. The Labute approximate surface area is 113 Å². The Balaban J connectivity index is 1.89. The van der Waals surface area contributed by atoms with Crippen LogP contribution in [0.4, 0.5) is 0 Å². The van der Waals surface area contributed by atoms with Crippen molar-refractivity contribution in [1.29, 1.82) is 0 Å². The fourth-order valence-corrected chi connectivity index (χ4v) is 1.97. The number of furan rings is 1. The van der Waals surface area contributed by atoms with Gasteiger partial charge in [0.1, 0.15) is 10.2 Å². The van der Waals surface area contributed by atoms with Gasteiger partial charge in [-0.3, -0.25) is 9.36 Å². The molecule has 2 aromatic rings. The molecule has 1 unspecified atom stereocenters. The molecule has 1 N–H and O–H groups in total. The van der Waals surface area contributed by atoms with Gasteiger partial charge in [-0.05, 0) is 35.0 Å². The van der Waals surface area contributed by atoms with Crippen molar-refractivity contribution in [3.05, 3.63) is 51.5 Å². The van der Waals surface area contributed by atoms with E-state index in [2.05, 4.69) is 26.2 Å². The Morgan fingerprint density at radius 2 is 2.44 bits per heavy atom. The number of aromatic nitrogens is 2. The highest BCUT2D eigenvalue weighted by Crippen LogP contribution is 2.11. The maximum absolute atomic E-state index is 11.7. The van der Waals surface area contributed by atoms with Crippen LogP contribution in [0, 0.1) is 0 Å². The number of hydrogen-bond acceptors (Lipinski definition) is 4. The van der Waals surface area contributed by atoms with Crippen molar-refractivity contribution >= 4 is 15.9 Å². The second-order valence-corrected chi connectivity index (χ2v) is 4.79. The summed E-state index contributed by atoms with van der Waals surface area (Å²) in [5, 5.41) is 3.28. The van der Waals surface area contributed by atoms with Crippen LogP contribution in [0.15, 0.2) is 44.6 Å². The van der Waals surface area contributed by atoms with Crippen LogP contribution in [0.2, 0.25) is 0 Å². The average Bonchev–Trinajstić information content (AvgIpc) is 2.88. The molecule has 0 bridgehead atoms. The third-order valence-electron chi connectivity index (χ3n) is 2.63. The van der Waals surface area contributed by atoms with E-state index < -0.39 is 0 Å². The highest BCUT2D eigenvalue weighted by Gasteiger charge is 2.07. The molecule has 0 aliphatic heterocycles. The fourth-order valence-electron chi connectivity index (χ4n) is 1.62. The smallest absolute Gasteiger partial charge is 0.267 e. The van der Waals surface area contributed by atoms with Crippen molar-refractivity contribution in [1.82, 2.24) is 14.9 Å². The maximum Gasteiger partial charge on any atom is 0.267 e. The number of hydrogen-bond donors (Lipinski definition) is 1. The zero-order valence-corrected chi connectivity index (χ0v) is 11.6. The Morgan fingerprint density at radius 1 is 1.61 bits per heavy atom. The predicted molar refractivity (Wildman–Crippen MR) is 71.3 cm³/mol. The lowest BCUT2D eigenvalue weighted by Gasteiger charge is -2.12. The fraction of sp³-hybridized carbons (Fsp3) is 0.333. The van der Waals surface area contributed by atoms with Crippen molar-refractivity contribution in [3.63, 3.8) is 0 Å². The summed E-state index contributed by atoms with van der Waals surface area (Å²) < 4.78 is 7.33. The first-order valence-corrected chi connectivity index (χ1v) is 6.44. The molecule has 0 fully saturated rings. The Bertz CT molecular complexity index is 551. The summed E-state index contributed by atoms with van der Waals surface area (Å²) in [5.74, 6) is 0.884. The molecular weight excluding hydrogens is 298 g/mol. The van der Waals surface area contributed by atoms with Crippen molar-refractivity contribution < 1.29 is 4.42 Å². The summed E-state index contributed by atoms with van der Waals surface area (Å²) in [6.07, 6.45) is 4.68. The monoisotopic (exact) mass is 311 g/mol. The molecule has 0 radical (unpaired) electrons. The van der Waals surface area contributed by atoms with Crippen molar-refractivity contribution in [3.8, 4) is 0 Å². The van der Waals surface area contributed by atoms with Crippen LogP contribution in [0.1, 0.15) is 18.7 Å². The third-order valence-corrected chi connectivity index (χ3v) is 3.18. The van der Waals surface area contributed by atoms with E-state index in [4.69, 9.17) is 4.42 Å². The van der Waals surface area contributed by atoms with Gasteiger partial charge in [0.2, 0.25) is 0 Å². The van der Waals surface area contributed by atoms with Gasteiger partial charge in [-0.15, -0.1) is 0 Å². The first-order valence-electron chi connectivity index (χ1n) is 5.65. The summed E-state index contributed by atoms with van der Waals surface area (Å²) >= 11 is 3.17. The van der Waals surface area contributed by atoms with Crippen LogP contribution < -0.4 is 10.9 Å². The highest BCUT2D eigenvalue weighted by atomic mass is 79.9. The first-order chi connectivity index (χ1) is 8.68. The summed E-state index contributed by atoms with van der Waals surface area (Å²) in [5.41, 5.74) is -0.0718. The Kier molecular flexibility index (Phi) is 4.33. The van der Waals surface area contributed by atoms with E-state index in [1.807, 2.05) is 19.1 Å². The maximum atomic E-state index is 11.7. The number of nitrogens with zero attached hydrogens (tertiary/aromatic N) is 2. The normalized spacial score (nSPS) is 12.6. The van der Waals surface area contributed by atoms with Gasteiger partial charge in [-0.2, -0.15) is 0 Å². The van der Waals surface area contributed by atoms with Crippen LogP contribution in [-0.2, 0) is 6.54 Å². The molecule has 2 rings (SSSR count). The minimum atomic E-state index is -0.0718. The molecule has 1 atom stereocenters. The van der Waals surface area contributed by atoms with Gasteiger partial charge in [0.15, 0.2) is 0 Å². The second kappa shape index (κ2) is 5.97. The standard InChI is InChI=1S/C12H14BrN3O2/c1-9(11-3-2-6-18-11)15-4-5-16-8-14-7-10(13)12(16)17/h2-3,6-9,15H,4-5H2,1H3. The van der Waals surface area contributed by atoms with E-state index in [1.165, 1.54) is 12.5 Å². The molecule has 0 aliphatic rings. The molecular formula is C12H14BrN3O2. The number of halogens is 1. The molecule has 18 heavy (non-hydrogen) atoms. The quantitative estimate of drug-likeness (QED) is 0.917.